The normalized spacial score (nSPS) is 38.0. The Morgan fingerprint density at radius 2 is 1.67 bits per heavy atom. The van der Waals surface area contributed by atoms with Crippen LogP contribution in [0.25, 0.3) is 0 Å². The van der Waals surface area contributed by atoms with Gasteiger partial charge in [-0.25, -0.2) is 3.11 Å². The maximum Gasteiger partial charge on any atom is 0.0238 e. The van der Waals surface area contributed by atoms with Crippen LogP contribution in [0.5, 0.6) is 0 Å². The highest BCUT2D eigenvalue weighted by molar-refractivity contribution is 14.1. The molecule has 2 aliphatic heterocycles. The highest BCUT2D eigenvalue weighted by atomic mass is 127. The van der Waals surface area contributed by atoms with E-state index in [2.05, 4.69) is 44.7 Å². The molecular formula is C9H17IN2. The third kappa shape index (κ3) is 1.51. The zero-order chi connectivity index (χ0) is 8.72. The van der Waals surface area contributed by atoms with Crippen molar-refractivity contribution in [3.8, 4) is 0 Å². The number of halogens is 1. The standard InChI is InChI=1S/C9H17IN2/c1-7(2)12-8-3-4-9(12)6-11(10)5-8/h7-9H,3-6H2,1-2H3. The zero-order valence-corrected chi connectivity index (χ0v) is 9.99. The fourth-order valence-corrected chi connectivity index (χ4v) is 3.64. The van der Waals surface area contributed by atoms with Crippen LogP contribution in [0, 0.1) is 0 Å². The molecule has 0 aromatic rings. The predicted molar refractivity (Wildman–Crippen MR) is 59.4 cm³/mol. The molecule has 70 valence electrons. The summed E-state index contributed by atoms with van der Waals surface area (Å²) in [4.78, 5) is 2.72. The van der Waals surface area contributed by atoms with Crippen LogP contribution in [0.2, 0.25) is 0 Å². The summed E-state index contributed by atoms with van der Waals surface area (Å²) in [6, 6.07) is 2.44. The van der Waals surface area contributed by atoms with E-state index in [0.29, 0.717) is 0 Å². The first-order chi connectivity index (χ1) is 5.68. The third-order valence-electron chi connectivity index (χ3n) is 3.09. The maximum atomic E-state index is 2.72. The van der Waals surface area contributed by atoms with Crippen molar-refractivity contribution in [2.75, 3.05) is 13.1 Å². The second kappa shape index (κ2) is 3.42. The third-order valence-corrected chi connectivity index (χ3v) is 3.88. The molecule has 0 amide bonds. The van der Waals surface area contributed by atoms with Crippen LogP contribution in [-0.2, 0) is 0 Å². The molecule has 2 bridgehead atoms. The number of fused-ring (bicyclic) bond motifs is 2. The lowest BCUT2D eigenvalue weighted by Gasteiger charge is -2.41. The van der Waals surface area contributed by atoms with E-state index in [1.165, 1.54) is 25.9 Å². The van der Waals surface area contributed by atoms with Crippen LogP contribution in [0.3, 0.4) is 0 Å². The number of piperazine rings is 1. The summed E-state index contributed by atoms with van der Waals surface area (Å²) in [5.41, 5.74) is 0. The van der Waals surface area contributed by atoms with Gasteiger partial charge in [-0.1, -0.05) is 0 Å². The smallest absolute Gasteiger partial charge is 0.0238 e. The van der Waals surface area contributed by atoms with Crippen LogP contribution in [0.4, 0.5) is 0 Å². The summed E-state index contributed by atoms with van der Waals surface area (Å²) in [7, 11) is 0. The van der Waals surface area contributed by atoms with Crippen molar-refractivity contribution in [1.29, 1.82) is 0 Å². The van der Waals surface area contributed by atoms with E-state index in [0.717, 1.165) is 18.1 Å². The molecule has 2 rings (SSSR count). The molecule has 2 nitrogen and oxygen atoms in total. The van der Waals surface area contributed by atoms with E-state index in [1.54, 1.807) is 0 Å². The van der Waals surface area contributed by atoms with Crippen LogP contribution < -0.4 is 0 Å². The lowest BCUT2D eigenvalue weighted by molar-refractivity contribution is 0.0906. The molecule has 0 saturated carbocycles. The Morgan fingerprint density at radius 1 is 1.17 bits per heavy atom. The van der Waals surface area contributed by atoms with Crippen molar-refractivity contribution < 1.29 is 0 Å². The molecule has 12 heavy (non-hydrogen) atoms. The van der Waals surface area contributed by atoms with Gasteiger partial charge in [0.2, 0.25) is 0 Å². The molecule has 2 aliphatic rings. The van der Waals surface area contributed by atoms with Crippen LogP contribution in [-0.4, -0.2) is 39.2 Å². The number of hydrogen-bond donors (Lipinski definition) is 0. The van der Waals surface area contributed by atoms with E-state index in [-0.39, 0.29) is 0 Å². The quantitative estimate of drug-likeness (QED) is 0.534. The summed E-state index contributed by atoms with van der Waals surface area (Å²) >= 11 is 2.47. The molecule has 2 fully saturated rings. The minimum Gasteiger partial charge on any atom is -0.292 e. The van der Waals surface area contributed by atoms with Crippen molar-refractivity contribution in [3.63, 3.8) is 0 Å². The predicted octanol–water partition coefficient (Wildman–Crippen LogP) is 1.89. The lowest BCUT2D eigenvalue weighted by atomic mass is 10.1. The fraction of sp³-hybridized carbons (Fsp3) is 1.00. The summed E-state index contributed by atoms with van der Waals surface area (Å²) in [6.45, 7) is 7.20. The van der Waals surface area contributed by atoms with Gasteiger partial charge < -0.3 is 0 Å². The van der Waals surface area contributed by atoms with Gasteiger partial charge in [-0.15, -0.1) is 0 Å². The first kappa shape index (κ1) is 9.21. The van der Waals surface area contributed by atoms with Gasteiger partial charge in [0.1, 0.15) is 0 Å². The molecule has 0 N–H and O–H groups in total. The highest BCUT2D eigenvalue weighted by Crippen LogP contribution is 2.32. The fourth-order valence-electron chi connectivity index (χ4n) is 2.73. The number of nitrogens with zero attached hydrogens (tertiary/aromatic N) is 2. The van der Waals surface area contributed by atoms with Crippen molar-refractivity contribution in [2.24, 2.45) is 0 Å². The monoisotopic (exact) mass is 280 g/mol. The Kier molecular flexibility index (Phi) is 2.63. The molecule has 2 saturated heterocycles. The summed E-state index contributed by atoms with van der Waals surface area (Å²) in [5.74, 6) is 0. The van der Waals surface area contributed by atoms with E-state index < -0.39 is 0 Å². The van der Waals surface area contributed by atoms with Crippen molar-refractivity contribution in [1.82, 2.24) is 8.01 Å². The van der Waals surface area contributed by atoms with Gasteiger partial charge in [-0.05, 0) is 26.7 Å². The van der Waals surface area contributed by atoms with Crippen LogP contribution in [0.15, 0.2) is 0 Å². The van der Waals surface area contributed by atoms with Gasteiger partial charge in [-0.2, -0.15) is 0 Å². The highest BCUT2D eigenvalue weighted by Gasteiger charge is 2.40. The Balaban J connectivity index is 2.09. The second-order valence-corrected chi connectivity index (χ2v) is 5.62. The molecule has 0 aromatic heterocycles. The molecule has 3 heteroatoms. The molecule has 0 radical (unpaired) electrons. The van der Waals surface area contributed by atoms with E-state index in [4.69, 9.17) is 0 Å². The van der Waals surface area contributed by atoms with Gasteiger partial charge >= 0.3 is 0 Å². The topological polar surface area (TPSA) is 6.48 Å². The van der Waals surface area contributed by atoms with Crippen molar-refractivity contribution in [3.05, 3.63) is 0 Å². The minimum absolute atomic E-state index is 0.743. The summed E-state index contributed by atoms with van der Waals surface area (Å²) in [6.07, 6.45) is 2.84. The largest absolute Gasteiger partial charge is 0.292 e. The molecule has 0 spiro atoms. The molecule has 0 aliphatic carbocycles. The summed E-state index contributed by atoms with van der Waals surface area (Å²) < 4.78 is 2.46. The minimum atomic E-state index is 0.743. The van der Waals surface area contributed by atoms with Gasteiger partial charge in [-0.3, -0.25) is 4.90 Å². The summed E-state index contributed by atoms with van der Waals surface area (Å²) in [5, 5.41) is 0. The molecule has 0 aromatic carbocycles. The average molecular weight is 280 g/mol. The van der Waals surface area contributed by atoms with E-state index >= 15 is 0 Å². The number of hydrogen-bond acceptors (Lipinski definition) is 2. The Morgan fingerprint density at radius 3 is 2.08 bits per heavy atom. The first-order valence-corrected chi connectivity index (χ1v) is 5.83. The first-order valence-electron chi connectivity index (χ1n) is 4.86. The Hall–Kier alpha value is 0.650. The van der Waals surface area contributed by atoms with Gasteiger partial charge in [0.05, 0.1) is 0 Å². The van der Waals surface area contributed by atoms with Gasteiger partial charge in [0, 0.05) is 54.1 Å². The molecule has 2 atom stereocenters. The van der Waals surface area contributed by atoms with Crippen molar-refractivity contribution in [2.45, 2.75) is 44.8 Å². The van der Waals surface area contributed by atoms with E-state index in [9.17, 15) is 0 Å². The van der Waals surface area contributed by atoms with Crippen LogP contribution in [0.1, 0.15) is 26.7 Å². The zero-order valence-electron chi connectivity index (χ0n) is 7.83. The molecule has 2 heterocycles. The van der Waals surface area contributed by atoms with Gasteiger partial charge in [0.15, 0.2) is 0 Å². The van der Waals surface area contributed by atoms with Gasteiger partial charge in [0.25, 0.3) is 0 Å². The van der Waals surface area contributed by atoms with E-state index in [1.807, 2.05) is 0 Å². The maximum absolute atomic E-state index is 2.72. The van der Waals surface area contributed by atoms with Crippen molar-refractivity contribution >= 4 is 22.9 Å². The number of rotatable bonds is 1. The van der Waals surface area contributed by atoms with Crippen LogP contribution >= 0.6 is 22.9 Å². The second-order valence-electron chi connectivity index (χ2n) is 4.25. The average Bonchev–Trinajstić information content (AvgIpc) is 2.24. The molecule has 2 unspecified atom stereocenters. The molecular weight excluding hydrogens is 263 g/mol. The Labute approximate surface area is 88.8 Å². The Bertz CT molecular complexity index is 158. The lowest BCUT2D eigenvalue weighted by Crippen LogP contribution is -2.53. The SMILES string of the molecule is CC(C)N1C2CCC1CN(I)C2.